The third-order valence-electron chi connectivity index (χ3n) is 4.47. The summed E-state index contributed by atoms with van der Waals surface area (Å²) >= 11 is 6.29. The fraction of sp³-hybridized carbons (Fsp3) is 0.556. The second-order valence-electron chi connectivity index (χ2n) is 6.42. The number of nitrogens with zero attached hydrogens (tertiary/aromatic N) is 1. The summed E-state index contributed by atoms with van der Waals surface area (Å²) < 4.78 is 0. The Balaban J connectivity index is 0.00000312. The maximum atomic E-state index is 12.7. The summed E-state index contributed by atoms with van der Waals surface area (Å²) in [6, 6.07) is 4.68. The molecule has 0 saturated carbocycles. The minimum Gasteiger partial charge on any atom is -0.336 e. The quantitative estimate of drug-likeness (QED) is 0.805. The highest BCUT2D eigenvalue weighted by molar-refractivity contribution is 6.34. The van der Waals surface area contributed by atoms with Crippen molar-refractivity contribution in [3.63, 3.8) is 0 Å². The van der Waals surface area contributed by atoms with Crippen LogP contribution in [0.15, 0.2) is 18.2 Å². The van der Waals surface area contributed by atoms with Gasteiger partial charge in [-0.3, -0.25) is 9.59 Å². The van der Waals surface area contributed by atoms with Crippen LogP contribution in [0.1, 0.15) is 56.3 Å². The van der Waals surface area contributed by atoms with Crippen LogP contribution in [0, 0.1) is 0 Å². The Morgan fingerprint density at radius 2 is 2.12 bits per heavy atom. The average Bonchev–Trinajstić information content (AvgIpc) is 2.55. The minimum atomic E-state index is -0.538. The smallest absolute Gasteiger partial charge is 0.255 e. The Bertz CT molecular complexity index is 610. The highest BCUT2D eigenvalue weighted by Crippen LogP contribution is 2.25. The number of benzene rings is 1. The first-order chi connectivity index (χ1) is 11.4. The normalized spacial score (nSPS) is 18.2. The molecule has 140 valence electrons. The Kier molecular flexibility index (Phi) is 8.69. The van der Waals surface area contributed by atoms with Gasteiger partial charge in [0.1, 0.15) is 0 Å². The number of hydrogen-bond donors (Lipinski definition) is 2. The summed E-state index contributed by atoms with van der Waals surface area (Å²) in [6.45, 7) is 4.81. The van der Waals surface area contributed by atoms with Crippen molar-refractivity contribution in [1.29, 1.82) is 0 Å². The van der Waals surface area contributed by atoms with Crippen LogP contribution >= 0.6 is 24.0 Å². The lowest BCUT2D eigenvalue weighted by Crippen LogP contribution is -2.42. The minimum absolute atomic E-state index is 0. The molecule has 5 nitrogen and oxygen atoms in total. The van der Waals surface area contributed by atoms with E-state index in [0.717, 1.165) is 32.2 Å². The zero-order chi connectivity index (χ0) is 17.7. The third kappa shape index (κ3) is 5.59. The molecule has 1 aliphatic heterocycles. The Morgan fingerprint density at radius 1 is 1.40 bits per heavy atom. The zero-order valence-corrected chi connectivity index (χ0v) is 16.3. The largest absolute Gasteiger partial charge is 0.336 e. The summed E-state index contributed by atoms with van der Waals surface area (Å²) in [5.41, 5.74) is 6.83. The van der Waals surface area contributed by atoms with Crippen molar-refractivity contribution >= 4 is 41.5 Å². The second kappa shape index (κ2) is 10.00. The van der Waals surface area contributed by atoms with Crippen LogP contribution in [-0.2, 0) is 4.79 Å². The molecular weight excluding hydrogens is 361 g/mol. The van der Waals surface area contributed by atoms with E-state index in [-0.39, 0.29) is 30.3 Å². The molecule has 0 radical (unpaired) electrons. The molecule has 1 saturated heterocycles. The van der Waals surface area contributed by atoms with Gasteiger partial charge in [0.25, 0.3) is 5.91 Å². The monoisotopic (exact) mass is 387 g/mol. The molecule has 0 spiro atoms. The number of halogens is 2. The Hall–Kier alpha value is -1.30. The van der Waals surface area contributed by atoms with E-state index < -0.39 is 6.04 Å². The van der Waals surface area contributed by atoms with Gasteiger partial charge in [-0.05, 0) is 50.8 Å². The highest BCUT2D eigenvalue weighted by Gasteiger charge is 2.25. The first-order valence-corrected chi connectivity index (χ1v) is 8.98. The maximum absolute atomic E-state index is 12.7. The number of nitrogens with one attached hydrogen (secondary N) is 1. The van der Waals surface area contributed by atoms with E-state index in [1.807, 2.05) is 11.8 Å². The number of nitrogens with two attached hydrogens (primary N) is 1. The van der Waals surface area contributed by atoms with Crippen molar-refractivity contribution in [2.24, 2.45) is 5.73 Å². The van der Waals surface area contributed by atoms with E-state index in [2.05, 4.69) is 12.2 Å². The predicted octanol–water partition coefficient (Wildman–Crippen LogP) is 3.84. The number of hydrogen-bond acceptors (Lipinski definition) is 3. The van der Waals surface area contributed by atoms with E-state index in [9.17, 15) is 9.59 Å². The van der Waals surface area contributed by atoms with Crippen molar-refractivity contribution in [2.75, 3.05) is 11.9 Å². The molecular formula is C18H27Cl2N3O2. The van der Waals surface area contributed by atoms with E-state index in [4.69, 9.17) is 17.3 Å². The number of rotatable bonds is 5. The van der Waals surface area contributed by atoms with Gasteiger partial charge in [0.05, 0.1) is 16.6 Å². The van der Waals surface area contributed by atoms with Crippen LogP contribution in [0.2, 0.25) is 5.02 Å². The summed E-state index contributed by atoms with van der Waals surface area (Å²) in [5.74, 6) is -0.288. The van der Waals surface area contributed by atoms with E-state index in [1.54, 1.807) is 18.2 Å². The molecule has 1 fully saturated rings. The van der Waals surface area contributed by atoms with Gasteiger partial charge >= 0.3 is 0 Å². The first-order valence-electron chi connectivity index (χ1n) is 8.61. The van der Waals surface area contributed by atoms with Crippen molar-refractivity contribution < 1.29 is 9.59 Å². The lowest BCUT2D eigenvalue weighted by molar-refractivity contribution is -0.117. The molecule has 0 bridgehead atoms. The summed E-state index contributed by atoms with van der Waals surface area (Å²) in [5, 5.41) is 3.10. The van der Waals surface area contributed by atoms with E-state index in [0.29, 0.717) is 22.7 Å². The molecule has 2 rings (SSSR count). The van der Waals surface area contributed by atoms with Crippen LogP contribution in [0.3, 0.4) is 0 Å². The SMILES string of the molecule is CCCC(N)C(=O)Nc1ccc(C(=O)N2CCCCC2C)c(Cl)c1.Cl. The summed E-state index contributed by atoms with van der Waals surface area (Å²) in [7, 11) is 0. The van der Waals surface area contributed by atoms with Gasteiger partial charge in [-0.15, -0.1) is 12.4 Å². The molecule has 1 heterocycles. The molecule has 3 N–H and O–H groups in total. The molecule has 0 aromatic heterocycles. The van der Waals surface area contributed by atoms with Gasteiger partial charge in [-0.25, -0.2) is 0 Å². The predicted molar refractivity (Wildman–Crippen MR) is 105 cm³/mol. The Morgan fingerprint density at radius 3 is 2.72 bits per heavy atom. The standard InChI is InChI=1S/C18H26ClN3O2.ClH/c1-3-6-16(20)17(23)21-13-8-9-14(15(19)11-13)18(24)22-10-5-4-7-12(22)2;/h8-9,11-12,16H,3-7,10,20H2,1-2H3,(H,21,23);1H. The molecule has 1 aromatic rings. The number of carbonyl (C=O) groups excluding carboxylic acids is 2. The molecule has 1 aromatic carbocycles. The lowest BCUT2D eigenvalue weighted by Gasteiger charge is -2.33. The lowest BCUT2D eigenvalue weighted by atomic mass is 10.0. The molecule has 2 amide bonds. The second-order valence-corrected chi connectivity index (χ2v) is 6.83. The van der Waals surface area contributed by atoms with Crippen molar-refractivity contribution in [1.82, 2.24) is 4.90 Å². The maximum Gasteiger partial charge on any atom is 0.255 e. The number of carbonyl (C=O) groups is 2. The van der Waals surface area contributed by atoms with Crippen molar-refractivity contribution in [2.45, 2.75) is 58.0 Å². The van der Waals surface area contributed by atoms with Gasteiger partial charge in [0.15, 0.2) is 0 Å². The van der Waals surface area contributed by atoms with Gasteiger partial charge in [-0.1, -0.05) is 24.9 Å². The van der Waals surface area contributed by atoms with Gasteiger partial charge in [0, 0.05) is 18.3 Å². The zero-order valence-electron chi connectivity index (χ0n) is 14.8. The van der Waals surface area contributed by atoms with Crippen LogP contribution in [0.4, 0.5) is 5.69 Å². The summed E-state index contributed by atoms with van der Waals surface area (Å²) in [6.07, 6.45) is 4.67. The van der Waals surface area contributed by atoms with Crippen molar-refractivity contribution in [3.05, 3.63) is 28.8 Å². The molecule has 1 aliphatic rings. The molecule has 25 heavy (non-hydrogen) atoms. The van der Waals surface area contributed by atoms with Crippen LogP contribution < -0.4 is 11.1 Å². The van der Waals surface area contributed by atoms with Crippen molar-refractivity contribution in [3.8, 4) is 0 Å². The topological polar surface area (TPSA) is 75.4 Å². The fourth-order valence-electron chi connectivity index (χ4n) is 3.00. The molecule has 2 unspecified atom stereocenters. The molecule has 2 atom stereocenters. The summed E-state index contributed by atoms with van der Waals surface area (Å²) in [4.78, 5) is 26.5. The average molecular weight is 388 g/mol. The van der Waals surface area contributed by atoms with Crippen LogP contribution in [-0.4, -0.2) is 35.3 Å². The fourth-order valence-corrected chi connectivity index (χ4v) is 3.26. The molecule has 0 aliphatic carbocycles. The number of anilines is 1. The number of likely N-dealkylation sites (tertiary alicyclic amines) is 1. The van der Waals surface area contributed by atoms with Gasteiger partial charge in [-0.2, -0.15) is 0 Å². The molecule has 7 heteroatoms. The van der Waals surface area contributed by atoms with Crippen LogP contribution in [0.5, 0.6) is 0 Å². The van der Waals surface area contributed by atoms with Gasteiger partial charge in [0.2, 0.25) is 5.91 Å². The van der Waals surface area contributed by atoms with E-state index in [1.165, 1.54) is 0 Å². The van der Waals surface area contributed by atoms with Crippen LogP contribution in [0.25, 0.3) is 0 Å². The number of amides is 2. The number of piperidine rings is 1. The van der Waals surface area contributed by atoms with Gasteiger partial charge < -0.3 is 16.0 Å². The third-order valence-corrected chi connectivity index (χ3v) is 4.78. The highest BCUT2D eigenvalue weighted by atomic mass is 35.5. The Labute approximate surface area is 160 Å². The first kappa shape index (κ1) is 21.7. The van der Waals surface area contributed by atoms with E-state index >= 15 is 0 Å².